The highest BCUT2D eigenvalue weighted by molar-refractivity contribution is 7.90. The van der Waals surface area contributed by atoms with Gasteiger partial charge in [0.05, 0.1) is 41.1 Å². The molecule has 0 aliphatic carbocycles. The normalized spacial score (nSPS) is 16.6. The molecule has 0 saturated carbocycles. The lowest BCUT2D eigenvalue weighted by Gasteiger charge is -2.36. The number of nitrogens with zero attached hydrogens (tertiary/aromatic N) is 6. The fourth-order valence-corrected chi connectivity index (χ4v) is 10.6. The van der Waals surface area contributed by atoms with E-state index in [1.54, 1.807) is 50.6 Å². The maximum atomic E-state index is 14.4. The Morgan fingerprint density at radius 3 is 2.49 bits per heavy atom. The van der Waals surface area contributed by atoms with Gasteiger partial charge in [-0.25, -0.2) is 37.5 Å². The number of carbonyl (C=O) groups is 1. The number of methoxy groups -OCH3 is 1. The molecule has 7 aromatic rings. The maximum Gasteiger partial charge on any atom is 0.347 e. The molecule has 370 valence electrons. The highest BCUT2D eigenvalue weighted by atomic mass is 35.5. The molecule has 1 fully saturated rings. The molecule has 4 bridgehead atoms. The first-order chi connectivity index (χ1) is 34.3. The Hall–Kier alpha value is -6.44. The number of para-hydroxylation sites is 1. The minimum atomic E-state index is -3.10. The number of rotatable bonds is 13. The van der Waals surface area contributed by atoms with Crippen LogP contribution in [0.4, 0.5) is 4.39 Å². The van der Waals surface area contributed by atoms with E-state index in [9.17, 15) is 17.6 Å². The third kappa shape index (κ3) is 11.7. The van der Waals surface area contributed by atoms with Crippen LogP contribution in [-0.4, -0.2) is 128 Å². The lowest BCUT2D eigenvalue weighted by Crippen LogP contribution is -2.50. The van der Waals surface area contributed by atoms with Crippen LogP contribution in [0.2, 0.25) is 5.02 Å². The number of halogens is 2. The van der Waals surface area contributed by atoms with Crippen LogP contribution in [0.25, 0.3) is 43.2 Å². The quantitative estimate of drug-likeness (QED) is 0.101. The van der Waals surface area contributed by atoms with Gasteiger partial charge >= 0.3 is 5.97 Å². The molecule has 0 radical (unpaired) electrons. The zero-order valence-corrected chi connectivity index (χ0v) is 42.0. The smallest absolute Gasteiger partial charge is 0.347 e. The van der Waals surface area contributed by atoms with Crippen LogP contribution in [-0.2, 0) is 32.4 Å². The van der Waals surface area contributed by atoms with Crippen LogP contribution in [0.1, 0.15) is 23.7 Å². The van der Waals surface area contributed by atoms with Crippen molar-refractivity contribution < 1.29 is 46.0 Å². The van der Waals surface area contributed by atoms with Gasteiger partial charge in [0.25, 0.3) is 0 Å². The third-order valence-electron chi connectivity index (χ3n) is 12.3. The first kappa shape index (κ1) is 49.5. The van der Waals surface area contributed by atoms with Gasteiger partial charge in [-0.2, -0.15) is 0 Å². The fraction of sp³-hybridized carbons (Fsp3) is 0.327. The van der Waals surface area contributed by atoms with E-state index in [4.69, 9.17) is 45.0 Å². The van der Waals surface area contributed by atoms with Gasteiger partial charge < -0.3 is 28.4 Å². The standard InChI is InChI=1S/C52H52ClFN6O9S2/c1-5-65-52(61)44-27-34-26-37(14-16-41(34)67-29-36-18-19-55-49(58-36)40-8-6-7-9-42(40)64-3)66-30-38(28-60-22-20-59(21-23-60)24-25-71(4,62)63)68-43-17-15-39(32(2)47(43)53)45-46-50(69-44)56-31-57-51(46)70-48(45)33-10-12-35(54)13-11-33/h6-19,26,31,38,44H,5,20-25,27-30H2,1-4H3/t38-,44-/m1/s1. The molecule has 0 spiro atoms. The zero-order valence-electron chi connectivity index (χ0n) is 39.6. The second-order valence-electron chi connectivity index (χ2n) is 17.2. The molecular formula is C52H52ClFN6O9S2. The Morgan fingerprint density at radius 2 is 1.72 bits per heavy atom. The topological polar surface area (TPSA) is 165 Å². The largest absolute Gasteiger partial charge is 0.496 e. The van der Waals surface area contributed by atoms with Crippen molar-refractivity contribution in [1.29, 1.82) is 0 Å². The van der Waals surface area contributed by atoms with Crippen molar-refractivity contribution in [3.8, 4) is 61.8 Å². The summed E-state index contributed by atoms with van der Waals surface area (Å²) < 4.78 is 76.1. The lowest BCUT2D eigenvalue weighted by molar-refractivity contribution is -0.151. The van der Waals surface area contributed by atoms with E-state index >= 15 is 0 Å². The molecule has 2 atom stereocenters. The Labute approximate surface area is 420 Å². The second kappa shape index (κ2) is 21.9. The van der Waals surface area contributed by atoms with E-state index in [1.165, 1.54) is 36.1 Å². The first-order valence-corrected chi connectivity index (χ1v) is 26.4. The van der Waals surface area contributed by atoms with E-state index in [1.807, 2.05) is 49.4 Å². The Bertz CT molecular complexity index is 3150. The number of benzene rings is 4. The number of sulfone groups is 1. The van der Waals surface area contributed by atoms with Crippen LogP contribution in [0.15, 0.2) is 97.5 Å². The molecule has 0 amide bonds. The fourth-order valence-electron chi connectivity index (χ4n) is 8.63. The summed E-state index contributed by atoms with van der Waals surface area (Å²) in [6.07, 6.45) is 2.51. The number of fused-ring (bicyclic) bond motifs is 7. The van der Waals surface area contributed by atoms with E-state index in [0.717, 1.165) is 21.6 Å². The van der Waals surface area contributed by atoms with Gasteiger partial charge in [-0.15, -0.1) is 11.3 Å². The number of ether oxygens (including phenoxy) is 6. The monoisotopic (exact) mass is 1020 g/mol. The van der Waals surface area contributed by atoms with Gasteiger partial charge in [-0.3, -0.25) is 9.80 Å². The molecule has 15 nitrogen and oxygen atoms in total. The number of hydrogen-bond acceptors (Lipinski definition) is 16. The Kier molecular flexibility index (Phi) is 15.3. The highest BCUT2D eigenvalue weighted by Crippen LogP contribution is 2.50. The molecule has 4 aromatic carbocycles. The first-order valence-electron chi connectivity index (χ1n) is 23.1. The van der Waals surface area contributed by atoms with Gasteiger partial charge in [0.1, 0.15) is 69.1 Å². The van der Waals surface area contributed by atoms with Gasteiger partial charge in [0.15, 0.2) is 5.82 Å². The molecule has 0 unspecified atom stereocenters. The minimum Gasteiger partial charge on any atom is -0.496 e. The van der Waals surface area contributed by atoms with Gasteiger partial charge in [-0.05, 0) is 85.1 Å². The number of thiophene rings is 1. The Morgan fingerprint density at radius 1 is 0.930 bits per heavy atom. The van der Waals surface area contributed by atoms with E-state index in [0.29, 0.717) is 106 Å². The van der Waals surface area contributed by atoms with Gasteiger partial charge in [-0.1, -0.05) is 41.9 Å². The molecule has 3 aliphatic heterocycles. The van der Waals surface area contributed by atoms with Crippen LogP contribution < -0.4 is 23.7 Å². The third-order valence-corrected chi connectivity index (χ3v) is 14.8. The molecule has 71 heavy (non-hydrogen) atoms. The van der Waals surface area contributed by atoms with Crippen molar-refractivity contribution in [3.63, 3.8) is 0 Å². The van der Waals surface area contributed by atoms with Crippen molar-refractivity contribution in [2.75, 3.05) is 71.6 Å². The highest BCUT2D eigenvalue weighted by Gasteiger charge is 2.31. The van der Waals surface area contributed by atoms with Crippen molar-refractivity contribution >= 4 is 49.0 Å². The van der Waals surface area contributed by atoms with Crippen LogP contribution in [0.3, 0.4) is 0 Å². The zero-order chi connectivity index (χ0) is 49.6. The molecular weight excluding hydrogens is 971 g/mol. The van der Waals surface area contributed by atoms with Crippen molar-refractivity contribution in [3.05, 3.63) is 125 Å². The summed E-state index contributed by atoms with van der Waals surface area (Å²) in [6.45, 7) is 7.59. The molecule has 0 N–H and O–H groups in total. The summed E-state index contributed by atoms with van der Waals surface area (Å²) in [7, 11) is -1.50. The van der Waals surface area contributed by atoms with Crippen LogP contribution in [0, 0.1) is 12.7 Å². The van der Waals surface area contributed by atoms with Crippen molar-refractivity contribution in [2.24, 2.45) is 0 Å². The number of esters is 1. The molecule has 6 heterocycles. The lowest BCUT2D eigenvalue weighted by atomic mass is 9.96. The minimum absolute atomic E-state index is 0.0277. The summed E-state index contributed by atoms with van der Waals surface area (Å²) in [5.41, 5.74) is 4.72. The van der Waals surface area contributed by atoms with E-state index < -0.39 is 28.0 Å². The predicted molar refractivity (Wildman–Crippen MR) is 270 cm³/mol. The van der Waals surface area contributed by atoms with Gasteiger partial charge in [0, 0.05) is 74.1 Å². The molecule has 10 rings (SSSR count). The number of aromatic nitrogens is 4. The SMILES string of the molecule is CCOC(=O)[C@H]1Cc2cc(ccc2OCc2ccnc(-c3ccccc3OC)n2)OC[C@@H](CN2CCN(CCS(C)(=O)=O)CC2)Oc2ccc(c(C)c2Cl)-c2c(-c3ccc(F)cc3)sc3ncnc(c23)O1. The number of piperazine rings is 1. The molecule has 19 heteroatoms. The van der Waals surface area contributed by atoms with Crippen molar-refractivity contribution in [1.82, 2.24) is 29.7 Å². The summed E-state index contributed by atoms with van der Waals surface area (Å²) in [4.78, 5) is 38.5. The number of hydrogen-bond donors (Lipinski definition) is 0. The average molecular weight is 1020 g/mol. The summed E-state index contributed by atoms with van der Waals surface area (Å²) in [5, 5.41) is 0.901. The maximum absolute atomic E-state index is 14.4. The Balaban J connectivity index is 1.12. The second-order valence-corrected chi connectivity index (χ2v) is 20.9. The van der Waals surface area contributed by atoms with Gasteiger partial charge in [0.2, 0.25) is 12.0 Å². The summed E-state index contributed by atoms with van der Waals surface area (Å²) in [6, 6.07) is 24.6. The predicted octanol–water partition coefficient (Wildman–Crippen LogP) is 8.53. The molecule has 3 aliphatic rings. The van der Waals surface area contributed by atoms with E-state index in [-0.39, 0.29) is 43.7 Å². The summed E-state index contributed by atoms with van der Waals surface area (Å²) >= 11 is 8.68. The number of carbonyl (C=O) groups excluding carboxylic acids is 1. The van der Waals surface area contributed by atoms with Crippen LogP contribution >= 0.6 is 22.9 Å². The van der Waals surface area contributed by atoms with Crippen LogP contribution in [0.5, 0.6) is 28.9 Å². The van der Waals surface area contributed by atoms with E-state index in [2.05, 4.69) is 24.8 Å². The molecule has 3 aromatic heterocycles. The molecule has 1 saturated heterocycles. The average Bonchev–Trinajstić information content (AvgIpc) is 3.76. The van der Waals surface area contributed by atoms with Crippen molar-refractivity contribution in [2.45, 2.75) is 39.1 Å². The summed E-state index contributed by atoms with van der Waals surface area (Å²) in [5.74, 6) is 1.68.